The van der Waals surface area contributed by atoms with E-state index in [9.17, 15) is 9.59 Å². The Hall–Kier alpha value is -1.10. The zero-order valence-electron chi connectivity index (χ0n) is 12.1. The van der Waals surface area contributed by atoms with Gasteiger partial charge in [0.2, 0.25) is 5.91 Å². The minimum absolute atomic E-state index is 0.0460. The second kappa shape index (κ2) is 7.48. The summed E-state index contributed by atoms with van der Waals surface area (Å²) in [7, 11) is 1.35. The van der Waals surface area contributed by atoms with Gasteiger partial charge in [-0.1, -0.05) is 33.1 Å². The van der Waals surface area contributed by atoms with Crippen LogP contribution in [0, 0.1) is 11.8 Å². The first-order chi connectivity index (χ1) is 8.97. The van der Waals surface area contributed by atoms with E-state index in [0.717, 1.165) is 25.7 Å². The molecule has 110 valence electrons. The van der Waals surface area contributed by atoms with Gasteiger partial charge in [-0.2, -0.15) is 0 Å². The Kier molecular flexibility index (Phi) is 6.28. The lowest BCUT2D eigenvalue weighted by molar-refractivity contribution is -0.147. The van der Waals surface area contributed by atoms with Gasteiger partial charge in [-0.15, -0.1) is 0 Å². The monoisotopic (exact) mass is 270 g/mol. The third kappa shape index (κ3) is 4.49. The number of nitrogens with two attached hydrogens (primary N) is 1. The number of ether oxygens (including phenoxy) is 1. The molecule has 1 amide bonds. The molecule has 0 aliphatic heterocycles. The number of nitrogens with one attached hydrogen (secondary N) is 1. The summed E-state index contributed by atoms with van der Waals surface area (Å²) in [5.41, 5.74) is 5.82. The largest absolute Gasteiger partial charge is 0.467 e. The Morgan fingerprint density at radius 2 is 1.79 bits per heavy atom. The van der Waals surface area contributed by atoms with E-state index < -0.39 is 12.1 Å². The zero-order valence-corrected chi connectivity index (χ0v) is 12.1. The number of hydrogen-bond acceptors (Lipinski definition) is 4. The summed E-state index contributed by atoms with van der Waals surface area (Å²) in [5.74, 6) is -0.415. The SMILES string of the molecule is COC(=O)[C@@H](NC(=O)[C@@H](N)C(C)C)C1CCCCC1. The molecule has 1 rings (SSSR count). The average molecular weight is 270 g/mol. The molecule has 0 aromatic carbocycles. The summed E-state index contributed by atoms with van der Waals surface area (Å²) < 4.78 is 4.81. The number of carbonyl (C=O) groups is 2. The highest BCUT2D eigenvalue weighted by Gasteiger charge is 2.33. The van der Waals surface area contributed by atoms with Crippen molar-refractivity contribution in [2.45, 2.75) is 58.0 Å². The molecule has 0 radical (unpaired) electrons. The predicted octanol–water partition coefficient (Wildman–Crippen LogP) is 1.21. The van der Waals surface area contributed by atoms with Crippen molar-refractivity contribution in [2.75, 3.05) is 7.11 Å². The maximum Gasteiger partial charge on any atom is 0.328 e. The Morgan fingerprint density at radius 3 is 2.26 bits per heavy atom. The summed E-state index contributed by atoms with van der Waals surface area (Å²) in [6, 6.07) is -1.14. The maximum absolute atomic E-state index is 12.0. The lowest BCUT2D eigenvalue weighted by Gasteiger charge is -2.30. The van der Waals surface area contributed by atoms with Gasteiger partial charge in [0.1, 0.15) is 6.04 Å². The zero-order chi connectivity index (χ0) is 14.4. The molecule has 1 fully saturated rings. The van der Waals surface area contributed by atoms with Crippen molar-refractivity contribution in [3.8, 4) is 0 Å². The van der Waals surface area contributed by atoms with Crippen LogP contribution in [0.3, 0.4) is 0 Å². The second-order valence-electron chi connectivity index (χ2n) is 5.68. The van der Waals surface area contributed by atoms with E-state index in [0.29, 0.717) is 0 Å². The molecular formula is C14H26N2O3. The molecule has 0 saturated heterocycles. The first-order valence-electron chi connectivity index (χ1n) is 7.11. The molecule has 0 unspecified atom stereocenters. The highest BCUT2D eigenvalue weighted by molar-refractivity contribution is 5.87. The summed E-state index contributed by atoms with van der Waals surface area (Å²) >= 11 is 0. The molecule has 3 N–H and O–H groups in total. The molecule has 1 saturated carbocycles. The predicted molar refractivity (Wildman–Crippen MR) is 73.3 cm³/mol. The second-order valence-corrected chi connectivity index (χ2v) is 5.68. The fourth-order valence-corrected chi connectivity index (χ4v) is 2.52. The average Bonchev–Trinajstić information content (AvgIpc) is 2.43. The lowest BCUT2D eigenvalue weighted by Crippen LogP contribution is -2.53. The fourth-order valence-electron chi connectivity index (χ4n) is 2.52. The molecule has 2 atom stereocenters. The van der Waals surface area contributed by atoms with Gasteiger partial charge in [0.25, 0.3) is 0 Å². The van der Waals surface area contributed by atoms with Crippen molar-refractivity contribution >= 4 is 11.9 Å². The van der Waals surface area contributed by atoms with Gasteiger partial charge in [0.05, 0.1) is 13.2 Å². The molecule has 0 heterocycles. The van der Waals surface area contributed by atoms with Crippen LogP contribution in [0.4, 0.5) is 0 Å². The third-order valence-corrected chi connectivity index (χ3v) is 3.90. The van der Waals surface area contributed by atoms with Crippen LogP contribution in [-0.4, -0.2) is 31.1 Å². The fraction of sp³-hybridized carbons (Fsp3) is 0.857. The first kappa shape index (κ1) is 16.0. The number of esters is 1. The first-order valence-corrected chi connectivity index (χ1v) is 7.11. The normalized spacial score (nSPS) is 19.8. The number of rotatable bonds is 5. The van der Waals surface area contributed by atoms with E-state index in [-0.39, 0.29) is 23.7 Å². The van der Waals surface area contributed by atoms with Crippen LogP contribution >= 0.6 is 0 Å². The van der Waals surface area contributed by atoms with E-state index in [1.807, 2.05) is 13.8 Å². The quantitative estimate of drug-likeness (QED) is 0.736. The summed E-state index contributed by atoms with van der Waals surface area (Å²) in [4.78, 5) is 23.9. The smallest absolute Gasteiger partial charge is 0.328 e. The van der Waals surface area contributed by atoms with Crippen molar-refractivity contribution in [3.05, 3.63) is 0 Å². The molecule has 0 spiro atoms. The van der Waals surface area contributed by atoms with Gasteiger partial charge >= 0.3 is 5.97 Å². The van der Waals surface area contributed by atoms with Gasteiger partial charge in [0, 0.05) is 0 Å². The van der Waals surface area contributed by atoms with E-state index in [1.165, 1.54) is 13.5 Å². The molecule has 0 aromatic heterocycles. The standard InChI is InChI=1S/C14H26N2O3/c1-9(2)11(15)13(17)16-12(14(18)19-3)10-7-5-4-6-8-10/h9-12H,4-8,15H2,1-3H3,(H,16,17)/t11-,12-/m0/s1. The van der Waals surface area contributed by atoms with Crippen LogP contribution in [0.2, 0.25) is 0 Å². The van der Waals surface area contributed by atoms with Crippen LogP contribution in [0.1, 0.15) is 46.0 Å². The van der Waals surface area contributed by atoms with Crippen LogP contribution in [0.5, 0.6) is 0 Å². The highest BCUT2D eigenvalue weighted by atomic mass is 16.5. The third-order valence-electron chi connectivity index (χ3n) is 3.90. The van der Waals surface area contributed by atoms with Crippen molar-refractivity contribution in [3.63, 3.8) is 0 Å². The van der Waals surface area contributed by atoms with Crippen molar-refractivity contribution in [1.82, 2.24) is 5.32 Å². The summed E-state index contributed by atoms with van der Waals surface area (Å²) in [6.45, 7) is 3.77. The number of carbonyl (C=O) groups excluding carboxylic acids is 2. The van der Waals surface area contributed by atoms with Crippen molar-refractivity contribution in [2.24, 2.45) is 17.6 Å². The van der Waals surface area contributed by atoms with E-state index in [2.05, 4.69) is 5.32 Å². The molecular weight excluding hydrogens is 244 g/mol. The Balaban J connectivity index is 2.69. The number of hydrogen-bond donors (Lipinski definition) is 2. The van der Waals surface area contributed by atoms with Crippen LogP contribution in [-0.2, 0) is 14.3 Å². The maximum atomic E-state index is 12.0. The van der Waals surface area contributed by atoms with Crippen LogP contribution in [0.25, 0.3) is 0 Å². The van der Waals surface area contributed by atoms with E-state index in [1.54, 1.807) is 0 Å². The molecule has 5 heteroatoms. The van der Waals surface area contributed by atoms with Gasteiger partial charge < -0.3 is 15.8 Å². The van der Waals surface area contributed by atoms with Gasteiger partial charge in [-0.25, -0.2) is 4.79 Å². The van der Waals surface area contributed by atoms with Gasteiger partial charge in [-0.3, -0.25) is 4.79 Å². The van der Waals surface area contributed by atoms with Gasteiger partial charge in [-0.05, 0) is 24.7 Å². The Labute approximate surface area is 115 Å². The summed E-state index contributed by atoms with van der Waals surface area (Å²) in [6.07, 6.45) is 5.31. The lowest BCUT2D eigenvalue weighted by atomic mass is 9.83. The highest BCUT2D eigenvalue weighted by Crippen LogP contribution is 2.27. The molecule has 1 aliphatic rings. The van der Waals surface area contributed by atoms with Crippen LogP contribution < -0.4 is 11.1 Å². The molecule has 0 aromatic rings. The molecule has 19 heavy (non-hydrogen) atoms. The molecule has 0 bridgehead atoms. The van der Waals surface area contributed by atoms with Crippen molar-refractivity contribution < 1.29 is 14.3 Å². The summed E-state index contributed by atoms with van der Waals surface area (Å²) in [5, 5.41) is 2.78. The number of methoxy groups -OCH3 is 1. The van der Waals surface area contributed by atoms with E-state index >= 15 is 0 Å². The molecule has 5 nitrogen and oxygen atoms in total. The number of amides is 1. The van der Waals surface area contributed by atoms with Crippen LogP contribution in [0.15, 0.2) is 0 Å². The van der Waals surface area contributed by atoms with Crippen molar-refractivity contribution in [1.29, 1.82) is 0 Å². The Morgan fingerprint density at radius 1 is 1.21 bits per heavy atom. The van der Waals surface area contributed by atoms with Gasteiger partial charge in [0.15, 0.2) is 0 Å². The Bertz CT molecular complexity index is 312. The molecule has 1 aliphatic carbocycles. The minimum Gasteiger partial charge on any atom is -0.467 e. The van der Waals surface area contributed by atoms with E-state index in [4.69, 9.17) is 10.5 Å². The minimum atomic E-state index is -0.587. The topological polar surface area (TPSA) is 81.4 Å².